The second kappa shape index (κ2) is 5.90. The van der Waals surface area contributed by atoms with E-state index in [1.54, 1.807) is 12.4 Å². The summed E-state index contributed by atoms with van der Waals surface area (Å²) < 4.78 is 0. The fourth-order valence-corrected chi connectivity index (χ4v) is 3.38. The number of nitrogens with zero attached hydrogens (tertiary/aromatic N) is 3. The largest absolute Gasteiger partial charge is 0.368 e. The zero-order valence-corrected chi connectivity index (χ0v) is 12.2. The molecule has 3 rings (SSSR count). The third-order valence-electron chi connectivity index (χ3n) is 3.42. The minimum Gasteiger partial charge on any atom is -0.368 e. The fourth-order valence-electron chi connectivity index (χ4n) is 2.39. The maximum Gasteiger partial charge on any atom is 0.0822 e. The van der Waals surface area contributed by atoms with Crippen molar-refractivity contribution in [1.29, 1.82) is 0 Å². The van der Waals surface area contributed by atoms with Gasteiger partial charge in [-0.05, 0) is 17.5 Å². The lowest BCUT2D eigenvalue weighted by Crippen LogP contribution is -2.46. The average Bonchev–Trinajstić information content (AvgIpc) is 2.93. The predicted molar refractivity (Wildman–Crippen MR) is 81.1 cm³/mol. The Balaban J connectivity index is 1.59. The van der Waals surface area contributed by atoms with Crippen LogP contribution in [0.15, 0.2) is 36.0 Å². The van der Waals surface area contributed by atoms with Gasteiger partial charge in [-0.2, -0.15) is 0 Å². The molecule has 19 heavy (non-hydrogen) atoms. The molecule has 2 aromatic rings. The molecule has 1 saturated heterocycles. The molecule has 5 heteroatoms. The Kier molecular flexibility index (Phi) is 4.01. The molecule has 1 aliphatic heterocycles. The summed E-state index contributed by atoms with van der Waals surface area (Å²) in [6.45, 7) is 5.27. The summed E-state index contributed by atoms with van der Waals surface area (Å²) in [6, 6.07) is 6.32. The summed E-state index contributed by atoms with van der Waals surface area (Å²) in [5.41, 5.74) is 1.10. The second-order valence-electron chi connectivity index (χ2n) is 4.67. The van der Waals surface area contributed by atoms with Crippen LogP contribution in [0.25, 0.3) is 0 Å². The molecular formula is C14H16ClN3S. The van der Waals surface area contributed by atoms with Crippen molar-refractivity contribution in [3.63, 3.8) is 0 Å². The normalized spacial score (nSPS) is 16.8. The van der Waals surface area contributed by atoms with Crippen molar-refractivity contribution in [1.82, 2.24) is 9.88 Å². The van der Waals surface area contributed by atoms with E-state index in [2.05, 4.69) is 32.3 Å². The fraction of sp³-hybridized carbons (Fsp3) is 0.357. The Morgan fingerprint density at radius 2 is 2.05 bits per heavy atom. The first-order valence-electron chi connectivity index (χ1n) is 6.42. The molecule has 0 saturated carbocycles. The lowest BCUT2D eigenvalue weighted by molar-refractivity contribution is 0.252. The third kappa shape index (κ3) is 3.08. The quantitative estimate of drug-likeness (QED) is 0.867. The van der Waals surface area contributed by atoms with E-state index in [4.69, 9.17) is 11.6 Å². The molecule has 0 bridgehead atoms. The second-order valence-corrected chi connectivity index (χ2v) is 6.11. The van der Waals surface area contributed by atoms with Gasteiger partial charge in [0.2, 0.25) is 0 Å². The van der Waals surface area contributed by atoms with Crippen molar-refractivity contribution in [3.8, 4) is 0 Å². The van der Waals surface area contributed by atoms with Crippen LogP contribution in [-0.2, 0) is 6.54 Å². The highest BCUT2D eigenvalue weighted by atomic mass is 35.5. The maximum atomic E-state index is 6.19. The first-order chi connectivity index (χ1) is 9.33. The Hall–Kier alpha value is -1.10. The van der Waals surface area contributed by atoms with E-state index in [0.717, 1.165) is 43.4 Å². The summed E-state index contributed by atoms with van der Waals surface area (Å²) >= 11 is 8.02. The molecule has 0 spiro atoms. The summed E-state index contributed by atoms with van der Waals surface area (Å²) in [6.07, 6.45) is 3.52. The van der Waals surface area contributed by atoms with E-state index >= 15 is 0 Å². The Morgan fingerprint density at radius 3 is 2.74 bits per heavy atom. The lowest BCUT2D eigenvalue weighted by atomic mass is 10.2. The molecule has 0 N–H and O–H groups in total. The van der Waals surface area contributed by atoms with Gasteiger partial charge in [0.05, 0.1) is 10.7 Å². The summed E-state index contributed by atoms with van der Waals surface area (Å²) in [4.78, 5) is 10.3. The first kappa shape index (κ1) is 12.9. The molecule has 2 aromatic heterocycles. The van der Waals surface area contributed by atoms with Crippen molar-refractivity contribution in [2.75, 3.05) is 31.1 Å². The zero-order chi connectivity index (χ0) is 13.1. The van der Waals surface area contributed by atoms with E-state index in [9.17, 15) is 0 Å². The van der Waals surface area contributed by atoms with Crippen LogP contribution in [0.4, 0.5) is 5.69 Å². The van der Waals surface area contributed by atoms with E-state index in [1.165, 1.54) is 4.88 Å². The molecule has 0 unspecified atom stereocenters. The van der Waals surface area contributed by atoms with E-state index in [0.29, 0.717) is 0 Å². The Morgan fingerprint density at radius 1 is 1.21 bits per heavy atom. The van der Waals surface area contributed by atoms with Crippen LogP contribution in [0.5, 0.6) is 0 Å². The van der Waals surface area contributed by atoms with Gasteiger partial charge in [-0.1, -0.05) is 17.7 Å². The number of piperazine rings is 1. The Labute approximate surface area is 122 Å². The van der Waals surface area contributed by atoms with Gasteiger partial charge in [0, 0.05) is 50.0 Å². The number of rotatable bonds is 3. The van der Waals surface area contributed by atoms with Crippen LogP contribution in [0, 0.1) is 0 Å². The van der Waals surface area contributed by atoms with Crippen LogP contribution in [0.3, 0.4) is 0 Å². The number of hydrogen-bond acceptors (Lipinski definition) is 4. The van der Waals surface area contributed by atoms with Gasteiger partial charge < -0.3 is 4.90 Å². The number of halogens is 1. The van der Waals surface area contributed by atoms with Crippen LogP contribution >= 0.6 is 22.9 Å². The summed E-state index contributed by atoms with van der Waals surface area (Å²) in [5.74, 6) is 0. The van der Waals surface area contributed by atoms with E-state index < -0.39 is 0 Å². The van der Waals surface area contributed by atoms with Gasteiger partial charge in [-0.3, -0.25) is 9.88 Å². The van der Waals surface area contributed by atoms with E-state index in [1.807, 2.05) is 17.4 Å². The molecule has 0 aliphatic carbocycles. The minimum absolute atomic E-state index is 0.745. The van der Waals surface area contributed by atoms with Crippen molar-refractivity contribution < 1.29 is 0 Å². The van der Waals surface area contributed by atoms with Gasteiger partial charge in [0.25, 0.3) is 0 Å². The van der Waals surface area contributed by atoms with Crippen LogP contribution in [0.2, 0.25) is 5.02 Å². The number of pyridine rings is 1. The SMILES string of the molecule is Clc1cnccc1N1CCN(Cc2cccs2)CC1. The highest BCUT2D eigenvalue weighted by molar-refractivity contribution is 7.09. The first-order valence-corrected chi connectivity index (χ1v) is 7.68. The summed E-state index contributed by atoms with van der Waals surface area (Å²) in [7, 11) is 0. The van der Waals surface area contributed by atoms with Crippen molar-refractivity contribution in [2.45, 2.75) is 6.54 Å². The third-order valence-corrected chi connectivity index (χ3v) is 4.58. The molecule has 0 radical (unpaired) electrons. The topological polar surface area (TPSA) is 19.4 Å². The van der Waals surface area contributed by atoms with E-state index in [-0.39, 0.29) is 0 Å². The highest BCUT2D eigenvalue weighted by Crippen LogP contribution is 2.25. The smallest absolute Gasteiger partial charge is 0.0822 e. The standard InChI is InChI=1S/C14H16ClN3S/c15-13-10-16-4-3-14(13)18-7-5-17(6-8-18)11-12-2-1-9-19-12/h1-4,9-10H,5-8,11H2. The zero-order valence-electron chi connectivity index (χ0n) is 10.6. The monoisotopic (exact) mass is 293 g/mol. The molecule has 0 amide bonds. The van der Waals surface area contributed by atoms with Gasteiger partial charge in [-0.25, -0.2) is 0 Å². The van der Waals surface area contributed by atoms with Gasteiger partial charge in [0.1, 0.15) is 0 Å². The van der Waals surface area contributed by atoms with Gasteiger partial charge in [-0.15, -0.1) is 11.3 Å². The highest BCUT2D eigenvalue weighted by Gasteiger charge is 2.18. The number of hydrogen-bond donors (Lipinski definition) is 0. The minimum atomic E-state index is 0.745. The van der Waals surface area contributed by atoms with Crippen molar-refractivity contribution in [3.05, 3.63) is 45.9 Å². The number of aromatic nitrogens is 1. The van der Waals surface area contributed by atoms with Gasteiger partial charge >= 0.3 is 0 Å². The molecule has 3 heterocycles. The molecule has 0 atom stereocenters. The average molecular weight is 294 g/mol. The molecule has 0 aromatic carbocycles. The molecule has 1 fully saturated rings. The maximum absolute atomic E-state index is 6.19. The number of anilines is 1. The number of thiophene rings is 1. The molecule has 1 aliphatic rings. The van der Waals surface area contributed by atoms with Gasteiger partial charge in [0.15, 0.2) is 0 Å². The van der Waals surface area contributed by atoms with Crippen LogP contribution in [-0.4, -0.2) is 36.1 Å². The molecular weight excluding hydrogens is 278 g/mol. The Bertz CT molecular complexity index is 521. The van der Waals surface area contributed by atoms with Crippen molar-refractivity contribution >= 4 is 28.6 Å². The predicted octanol–water partition coefficient (Wildman–Crippen LogP) is 3.12. The lowest BCUT2D eigenvalue weighted by Gasteiger charge is -2.36. The molecule has 100 valence electrons. The van der Waals surface area contributed by atoms with Crippen LogP contribution in [0.1, 0.15) is 4.88 Å². The molecule has 3 nitrogen and oxygen atoms in total. The van der Waals surface area contributed by atoms with Crippen LogP contribution < -0.4 is 4.90 Å². The van der Waals surface area contributed by atoms with Crippen molar-refractivity contribution in [2.24, 2.45) is 0 Å². The summed E-state index contributed by atoms with van der Waals surface area (Å²) in [5, 5.41) is 2.89.